The Morgan fingerprint density at radius 2 is 0.980 bits per heavy atom. The van der Waals surface area contributed by atoms with Crippen LogP contribution in [0, 0.1) is 0 Å². The van der Waals surface area contributed by atoms with Crippen LogP contribution in [-0.4, -0.2) is 19.9 Å². The smallest absolute Gasteiger partial charge is 0.164 e. The summed E-state index contributed by atoms with van der Waals surface area (Å²) in [6.45, 7) is 0. The van der Waals surface area contributed by atoms with E-state index in [1.165, 1.54) is 25.6 Å². The molecule has 0 saturated carbocycles. The average molecular weight is 643 g/mol. The van der Waals surface area contributed by atoms with Crippen molar-refractivity contribution < 1.29 is 0 Å². The van der Waals surface area contributed by atoms with Crippen LogP contribution in [-0.2, 0) is 0 Å². The van der Waals surface area contributed by atoms with Crippen molar-refractivity contribution in [1.82, 2.24) is 19.9 Å². The van der Waals surface area contributed by atoms with E-state index in [1.54, 1.807) is 11.3 Å². The summed E-state index contributed by atoms with van der Waals surface area (Å²) in [7, 11) is 0. The Kier molecular flexibility index (Phi) is 6.32. The number of hydrogen-bond donors (Lipinski definition) is 0. The molecule has 0 fully saturated rings. The highest BCUT2D eigenvalue weighted by atomic mass is 32.1. The lowest BCUT2D eigenvalue weighted by molar-refractivity contribution is 1.08. The minimum absolute atomic E-state index is 0.647. The summed E-state index contributed by atoms with van der Waals surface area (Å²) in [5.41, 5.74) is 6.22. The zero-order chi connectivity index (χ0) is 32.3. The van der Waals surface area contributed by atoms with Crippen LogP contribution in [0.5, 0.6) is 0 Å². The molecule has 0 aliphatic carbocycles. The number of fused-ring (bicyclic) bond motifs is 6. The predicted octanol–water partition coefficient (Wildman–Crippen LogP) is 11.8. The third-order valence-corrected chi connectivity index (χ3v) is 10.5. The summed E-state index contributed by atoms with van der Waals surface area (Å²) >= 11 is 1.80. The van der Waals surface area contributed by atoms with Gasteiger partial charge in [0.25, 0.3) is 0 Å². The number of rotatable bonds is 4. The van der Waals surface area contributed by atoms with Crippen LogP contribution in [0.2, 0.25) is 0 Å². The molecule has 0 bridgehead atoms. The molecule has 0 N–H and O–H groups in total. The van der Waals surface area contributed by atoms with Crippen molar-refractivity contribution in [2.24, 2.45) is 0 Å². The van der Waals surface area contributed by atoms with Gasteiger partial charge in [0.15, 0.2) is 17.5 Å². The van der Waals surface area contributed by atoms with E-state index in [1.807, 2.05) is 12.3 Å². The number of benzene rings is 7. The van der Waals surface area contributed by atoms with Crippen LogP contribution in [0.4, 0.5) is 0 Å². The Morgan fingerprint density at radius 3 is 1.82 bits per heavy atom. The maximum atomic E-state index is 5.20. The maximum absolute atomic E-state index is 5.20. The fourth-order valence-corrected chi connectivity index (χ4v) is 8.00. The van der Waals surface area contributed by atoms with E-state index >= 15 is 0 Å². The molecule has 0 unspecified atom stereocenters. The Morgan fingerprint density at radius 1 is 0.388 bits per heavy atom. The molecule has 49 heavy (non-hydrogen) atoms. The number of thiophene rings is 1. The van der Waals surface area contributed by atoms with E-state index in [-0.39, 0.29) is 0 Å². The second-order valence-electron chi connectivity index (χ2n) is 12.3. The van der Waals surface area contributed by atoms with Gasteiger partial charge >= 0.3 is 0 Å². The van der Waals surface area contributed by atoms with E-state index in [9.17, 15) is 0 Å². The second kappa shape index (κ2) is 11.2. The molecule has 0 amide bonds. The van der Waals surface area contributed by atoms with Gasteiger partial charge in [-0.2, -0.15) is 0 Å². The van der Waals surface area contributed by atoms with E-state index in [2.05, 4.69) is 151 Å². The van der Waals surface area contributed by atoms with Crippen molar-refractivity contribution in [3.63, 3.8) is 0 Å². The molecule has 10 rings (SSSR count). The normalized spacial score (nSPS) is 11.7. The van der Waals surface area contributed by atoms with Crippen LogP contribution < -0.4 is 0 Å². The molecule has 3 heterocycles. The van der Waals surface area contributed by atoms with Crippen LogP contribution in [0.3, 0.4) is 0 Å². The van der Waals surface area contributed by atoms with Gasteiger partial charge in [-0.25, -0.2) is 15.0 Å². The van der Waals surface area contributed by atoms with Crippen molar-refractivity contribution in [2.45, 2.75) is 0 Å². The van der Waals surface area contributed by atoms with E-state index in [0.29, 0.717) is 17.5 Å². The second-order valence-corrected chi connectivity index (χ2v) is 13.4. The lowest BCUT2D eigenvalue weighted by Gasteiger charge is -2.11. The lowest BCUT2D eigenvalue weighted by Crippen LogP contribution is -2.00. The third kappa shape index (κ3) is 4.83. The summed E-state index contributed by atoms with van der Waals surface area (Å²) < 4.78 is 2.47. The predicted molar refractivity (Wildman–Crippen MR) is 205 cm³/mol. The average Bonchev–Trinajstić information content (AvgIpc) is 3.56. The van der Waals surface area contributed by atoms with Gasteiger partial charge in [0, 0.05) is 48.4 Å². The summed E-state index contributed by atoms with van der Waals surface area (Å²) in [6, 6.07) is 53.4. The molecule has 0 aliphatic heterocycles. The van der Waals surface area contributed by atoms with Crippen molar-refractivity contribution in [3.05, 3.63) is 158 Å². The highest BCUT2D eigenvalue weighted by Gasteiger charge is 2.17. The first-order valence-electron chi connectivity index (χ1n) is 16.3. The highest BCUT2D eigenvalue weighted by molar-refractivity contribution is 7.25. The minimum atomic E-state index is 0.647. The van der Waals surface area contributed by atoms with E-state index in [4.69, 9.17) is 15.0 Å². The van der Waals surface area contributed by atoms with Crippen molar-refractivity contribution in [2.75, 3.05) is 0 Å². The van der Waals surface area contributed by atoms with Crippen LogP contribution >= 0.6 is 11.3 Å². The first-order valence-corrected chi connectivity index (χ1v) is 17.1. The van der Waals surface area contributed by atoms with Crippen LogP contribution in [0.25, 0.3) is 97.9 Å². The standard InChI is InChI=1S/C44H26N4S/c1-2-8-29-24-33(18-15-27(29)7-1)42-46-43(48-44(47-42)37-11-5-13-40-41(37)36-10-3-4-12-39(36)49-40)34-19-16-28-14-17-30(25-35(28)26-34)31-20-21-38-32(23-31)9-6-22-45-38/h1-26H. The van der Waals surface area contributed by atoms with Gasteiger partial charge in [0.05, 0.1) is 5.52 Å². The Balaban J connectivity index is 1.17. The molecule has 0 spiro atoms. The molecular formula is C44H26N4S. The summed E-state index contributed by atoms with van der Waals surface area (Å²) in [5.74, 6) is 1.97. The monoisotopic (exact) mass is 642 g/mol. The molecule has 0 atom stereocenters. The van der Waals surface area contributed by atoms with Gasteiger partial charge in [0.2, 0.25) is 0 Å². The van der Waals surface area contributed by atoms with E-state index < -0.39 is 0 Å². The van der Waals surface area contributed by atoms with Gasteiger partial charge in [-0.05, 0) is 81.2 Å². The van der Waals surface area contributed by atoms with Gasteiger partial charge in [-0.3, -0.25) is 4.98 Å². The molecule has 228 valence electrons. The molecular weight excluding hydrogens is 617 g/mol. The highest BCUT2D eigenvalue weighted by Crippen LogP contribution is 2.40. The molecule has 0 aliphatic rings. The quantitative estimate of drug-likeness (QED) is 0.192. The molecule has 5 heteroatoms. The van der Waals surface area contributed by atoms with Gasteiger partial charge in [-0.1, -0.05) is 103 Å². The molecule has 3 aromatic heterocycles. The number of nitrogens with zero attached hydrogens (tertiary/aromatic N) is 4. The number of pyridine rings is 1. The Labute approximate surface area is 286 Å². The summed E-state index contributed by atoms with van der Waals surface area (Å²) in [4.78, 5) is 20.0. The first-order chi connectivity index (χ1) is 24.2. The Bertz CT molecular complexity index is 2910. The SMILES string of the molecule is c1ccc2cc(-c3nc(-c4ccc5ccc(-c6ccc7ncccc7c6)cc5c4)nc(-c4cccc5sc6ccccc6c45)n3)ccc2c1. The molecule has 10 aromatic rings. The zero-order valence-corrected chi connectivity index (χ0v) is 27.0. The fourth-order valence-electron chi connectivity index (χ4n) is 6.86. The van der Waals surface area contributed by atoms with Crippen molar-refractivity contribution in [1.29, 1.82) is 0 Å². The Hall–Kier alpha value is -6.30. The van der Waals surface area contributed by atoms with Gasteiger partial charge in [0.1, 0.15) is 0 Å². The van der Waals surface area contributed by atoms with Crippen LogP contribution in [0.1, 0.15) is 0 Å². The van der Waals surface area contributed by atoms with Crippen LogP contribution in [0.15, 0.2) is 158 Å². The molecule has 0 radical (unpaired) electrons. The number of aromatic nitrogens is 4. The first kappa shape index (κ1) is 27.8. The van der Waals surface area contributed by atoms with Crippen molar-refractivity contribution >= 4 is 64.0 Å². The molecule has 4 nitrogen and oxygen atoms in total. The van der Waals surface area contributed by atoms with Gasteiger partial charge in [-0.15, -0.1) is 11.3 Å². The molecule has 0 saturated heterocycles. The zero-order valence-electron chi connectivity index (χ0n) is 26.2. The number of hydrogen-bond acceptors (Lipinski definition) is 5. The third-order valence-electron chi connectivity index (χ3n) is 9.32. The van der Waals surface area contributed by atoms with E-state index in [0.717, 1.165) is 54.9 Å². The summed E-state index contributed by atoms with van der Waals surface area (Å²) in [6.07, 6.45) is 1.83. The summed E-state index contributed by atoms with van der Waals surface area (Å²) in [5, 5.41) is 8.14. The molecule has 7 aromatic carbocycles. The minimum Gasteiger partial charge on any atom is -0.256 e. The lowest BCUT2D eigenvalue weighted by atomic mass is 9.98. The van der Waals surface area contributed by atoms with Crippen molar-refractivity contribution in [3.8, 4) is 45.3 Å². The largest absolute Gasteiger partial charge is 0.256 e. The fraction of sp³-hybridized carbons (Fsp3) is 0. The maximum Gasteiger partial charge on any atom is 0.164 e. The topological polar surface area (TPSA) is 51.6 Å². The van der Waals surface area contributed by atoms with Gasteiger partial charge < -0.3 is 0 Å².